The second-order valence-corrected chi connectivity index (χ2v) is 6.93. The standard InChI is InChI=1S/C18H19N3O4S/c1-10-6-11(2)17(12(3)7-10)20-16(22)9-26-15-5-4-13(18(19)23)8-14(15)21(24)25/h4-8H,9H2,1-3H3,(H2,19,23)(H,20,22). The number of hydrogen-bond donors (Lipinski definition) is 2. The summed E-state index contributed by atoms with van der Waals surface area (Å²) in [5.41, 5.74) is 8.72. The van der Waals surface area contributed by atoms with Crippen molar-refractivity contribution >= 4 is 35.0 Å². The summed E-state index contributed by atoms with van der Waals surface area (Å²) in [6.45, 7) is 5.81. The van der Waals surface area contributed by atoms with Crippen LogP contribution in [0.5, 0.6) is 0 Å². The van der Waals surface area contributed by atoms with Crippen molar-refractivity contribution < 1.29 is 14.5 Å². The highest BCUT2D eigenvalue weighted by Gasteiger charge is 2.18. The number of carbonyl (C=O) groups is 2. The number of nitrogens with one attached hydrogen (secondary N) is 1. The lowest BCUT2D eigenvalue weighted by atomic mass is 10.1. The molecular weight excluding hydrogens is 354 g/mol. The fourth-order valence-electron chi connectivity index (χ4n) is 2.63. The summed E-state index contributed by atoms with van der Waals surface area (Å²) in [6, 6.07) is 7.91. The summed E-state index contributed by atoms with van der Waals surface area (Å²) in [6.07, 6.45) is 0. The normalized spacial score (nSPS) is 10.4. The van der Waals surface area contributed by atoms with E-state index < -0.39 is 10.8 Å². The molecule has 8 heteroatoms. The first-order valence-corrected chi connectivity index (χ1v) is 8.76. The highest BCUT2D eigenvalue weighted by molar-refractivity contribution is 8.00. The summed E-state index contributed by atoms with van der Waals surface area (Å²) in [5, 5.41) is 14.0. The van der Waals surface area contributed by atoms with Crippen molar-refractivity contribution in [2.24, 2.45) is 5.73 Å². The van der Waals surface area contributed by atoms with Crippen LogP contribution in [-0.2, 0) is 4.79 Å². The first-order valence-electron chi connectivity index (χ1n) is 7.77. The lowest BCUT2D eigenvalue weighted by molar-refractivity contribution is -0.387. The minimum Gasteiger partial charge on any atom is -0.366 e. The Morgan fingerprint density at radius 3 is 2.31 bits per heavy atom. The topological polar surface area (TPSA) is 115 Å². The zero-order valence-electron chi connectivity index (χ0n) is 14.7. The molecule has 2 amide bonds. The predicted octanol–water partition coefficient (Wildman–Crippen LogP) is 3.35. The van der Waals surface area contributed by atoms with E-state index in [0.29, 0.717) is 4.90 Å². The van der Waals surface area contributed by atoms with Crippen molar-refractivity contribution in [1.29, 1.82) is 0 Å². The first-order chi connectivity index (χ1) is 12.2. The Balaban J connectivity index is 2.13. The second kappa shape index (κ2) is 8.01. The first kappa shape index (κ1) is 19.5. The van der Waals surface area contributed by atoms with Gasteiger partial charge in [0.15, 0.2) is 0 Å². The van der Waals surface area contributed by atoms with E-state index in [2.05, 4.69) is 5.32 Å². The number of nitrogens with zero attached hydrogens (tertiary/aromatic N) is 1. The van der Waals surface area contributed by atoms with Crippen LogP contribution in [0.3, 0.4) is 0 Å². The van der Waals surface area contributed by atoms with E-state index in [1.165, 1.54) is 12.1 Å². The van der Waals surface area contributed by atoms with Crippen molar-refractivity contribution in [2.45, 2.75) is 25.7 Å². The molecule has 136 valence electrons. The molecule has 0 spiro atoms. The number of thioether (sulfide) groups is 1. The summed E-state index contributed by atoms with van der Waals surface area (Å²) >= 11 is 1.03. The van der Waals surface area contributed by atoms with Gasteiger partial charge in [0.05, 0.1) is 15.6 Å². The summed E-state index contributed by atoms with van der Waals surface area (Å²) in [4.78, 5) is 34.3. The molecular formula is C18H19N3O4S. The molecule has 7 nitrogen and oxygen atoms in total. The van der Waals surface area contributed by atoms with Gasteiger partial charge in [-0.1, -0.05) is 17.7 Å². The quantitative estimate of drug-likeness (QED) is 0.458. The van der Waals surface area contributed by atoms with E-state index in [9.17, 15) is 19.7 Å². The van der Waals surface area contributed by atoms with Crippen molar-refractivity contribution in [3.63, 3.8) is 0 Å². The summed E-state index contributed by atoms with van der Waals surface area (Å²) < 4.78 is 0. The Hall–Kier alpha value is -2.87. The predicted molar refractivity (Wildman–Crippen MR) is 102 cm³/mol. The number of hydrogen-bond acceptors (Lipinski definition) is 5. The third-order valence-electron chi connectivity index (χ3n) is 3.74. The Bertz CT molecular complexity index is 873. The molecule has 2 aromatic rings. The van der Waals surface area contributed by atoms with E-state index >= 15 is 0 Å². The van der Waals surface area contributed by atoms with E-state index in [1.54, 1.807) is 0 Å². The number of rotatable bonds is 6. The van der Waals surface area contributed by atoms with Crippen molar-refractivity contribution in [1.82, 2.24) is 0 Å². The highest BCUT2D eigenvalue weighted by Crippen LogP contribution is 2.30. The van der Waals surface area contributed by atoms with Gasteiger partial charge in [-0.05, 0) is 44.0 Å². The van der Waals surface area contributed by atoms with Crippen LogP contribution < -0.4 is 11.1 Å². The van der Waals surface area contributed by atoms with Crippen LogP contribution in [0.2, 0.25) is 0 Å². The number of aryl methyl sites for hydroxylation is 3. The van der Waals surface area contributed by atoms with Gasteiger partial charge < -0.3 is 11.1 Å². The van der Waals surface area contributed by atoms with Gasteiger partial charge in [-0.15, -0.1) is 11.8 Å². The fourth-order valence-corrected chi connectivity index (χ4v) is 3.44. The average Bonchev–Trinajstić information content (AvgIpc) is 2.55. The van der Waals surface area contributed by atoms with E-state index in [4.69, 9.17) is 5.73 Å². The molecule has 0 aliphatic heterocycles. The minimum atomic E-state index is -0.743. The number of benzene rings is 2. The third-order valence-corrected chi connectivity index (χ3v) is 4.80. The molecule has 0 radical (unpaired) electrons. The zero-order valence-corrected chi connectivity index (χ0v) is 15.5. The fraction of sp³-hybridized carbons (Fsp3) is 0.222. The van der Waals surface area contributed by atoms with Crippen molar-refractivity contribution in [3.8, 4) is 0 Å². The molecule has 0 heterocycles. The van der Waals surface area contributed by atoms with Gasteiger partial charge in [-0.25, -0.2) is 0 Å². The Morgan fingerprint density at radius 1 is 1.15 bits per heavy atom. The van der Waals surface area contributed by atoms with Crippen LogP contribution in [0, 0.1) is 30.9 Å². The largest absolute Gasteiger partial charge is 0.366 e. The smallest absolute Gasteiger partial charge is 0.283 e. The van der Waals surface area contributed by atoms with Crippen LogP contribution in [-0.4, -0.2) is 22.5 Å². The van der Waals surface area contributed by atoms with Gasteiger partial charge in [0.1, 0.15) is 0 Å². The molecule has 0 atom stereocenters. The van der Waals surface area contributed by atoms with Crippen LogP contribution in [0.15, 0.2) is 35.2 Å². The molecule has 2 aromatic carbocycles. The van der Waals surface area contributed by atoms with Crippen molar-refractivity contribution in [3.05, 3.63) is 62.7 Å². The van der Waals surface area contributed by atoms with Crippen LogP contribution in [0.4, 0.5) is 11.4 Å². The lowest BCUT2D eigenvalue weighted by Crippen LogP contribution is -2.16. The number of amides is 2. The molecule has 0 fully saturated rings. The van der Waals surface area contributed by atoms with E-state index in [0.717, 1.165) is 40.2 Å². The third kappa shape index (κ3) is 4.60. The van der Waals surface area contributed by atoms with Crippen LogP contribution in [0.1, 0.15) is 27.0 Å². The molecule has 2 rings (SSSR count). The van der Waals surface area contributed by atoms with Gasteiger partial charge >= 0.3 is 0 Å². The number of anilines is 1. The zero-order chi connectivity index (χ0) is 19.4. The monoisotopic (exact) mass is 373 g/mol. The van der Waals surface area contributed by atoms with Gasteiger partial charge in [0.2, 0.25) is 11.8 Å². The van der Waals surface area contributed by atoms with Crippen LogP contribution in [0.25, 0.3) is 0 Å². The Morgan fingerprint density at radius 2 is 1.77 bits per heavy atom. The van der Waals surface area contributed by atoms with Gasteiger partial charge in [-0.2, -0.15) is 0 Å². The molecule has 0 unspecified atom stereocenters. The number of nitrogens with two attached hydrogens (primary N) is 1. The Kier molecular flexibility index (Phi) is 5.99. The maximum atomic E-state index is 12.3. The Labute approximate surface area is 155 Å². The maximum absolute atomic E-state index is 12.3. The molecule has 0 aliphatic rings. The molecule has 26 heavy (non-hydrogen) atoms. The highest BCUT2D eigenvalue weighted by atomic mass is 32.2. The lowest BCUT2D eigenvalue weighted by Gasteiger charge is -2.12. The number of nitro benzene ring substituents is 1. The van der Waals surface area contributed by atoms with Crippen molar-refractivity contribution in [2.75, 3.05) is 11.1 Å². The summed E-state index contributed by atoms with van der Waals surface area (Å²) in [5.74, 6) is -1.00. The summed E-state index contributed by atoms with van der Waals surface area (Å²) in [7, 11) is 0. The van der Waals surface area contributed by atoms with Gasteiger partial charge in [-0.3, -0.25) is 19.7 Å². The van der Waals surface area contributed by atoms with Crippen LogP contribution >= 0.6 is 11.8 Å². The number of carbonyl (C=O) groups excluding carboxylic acids is 2. The van der Waals surface area contributed by atoms with E-state index in [-0.39, 0.29) is 22.9 Å². The molecule has 0 aliphatic carbocycles. The molecule has 0 saturated carbocycles. The molecule has 3 N–H and O–H groups in total. The molecule has 0 saturated heterocycles. The average molecular weight is 373 g/mol. The van der Waals surface area contributed by atoms with E-state index in [1.807, 2.05) is 32.9 Å². The van der Waals surface area contributed by atoms with Gasteiger partial charge in [0, 0.05) is 17.3 Å². The SMILES string of the molecule is Cc1cc(C)c(NC(=O)CSc2ccc(C(N)=O)cc2[N+](=O)[O-])c(C)c1. The second-order valence-electron chi connectivity index (χ2n) is 5.91. The maximum Gasteiger partial charge on any atom is 0.283 e. The molecule has 0 bridgehead atoms. The minimum absolute atomic E-state index is 0.00349. The van der Waals surface area contributed by atoms with Gasteiger partial charge in [0.25, 0.3) is 5.69 Å². The number of nitro groups is 1. The molecule has 0 aromatic heterocycles. The number of primary amides is 1.